The Labute approximate surface area is 145 Å². The van der Waals surface area contributed by atoms with E-state index in [9.17, 15) is 4.79 Å². The van der Waals surface area contributed by atoms with E-state index in [1.54, 1.807) is 7.11 Å². The minimum absolute atomic E-state index is 0. The molecule has 0 saturated heterocycles. The van der Waals surface area contributed by atoms with Gasteiger partial charge >= 0.3 is 0 Å². The highest BCUT2D eigenvalue weighted by atomic mass is 35.5. The molecule has 23 heavy (non-hydrogen) atoms. The van der Waals surface area contributed by atoms with Gasteiger partial charge in [-0.1, -0.05) is 36.8 Å². The molecule has 0 spiro atoms. The van der Waals surface area contributed by atoms with Crippen LogP contribution in [0.4, 0.5) is 0 Å². The smallest absolute Gasteiger partial charge is 0.223 e. The fourth-order valence-electron chi connectivity index (χ4n) is 3.30. The molecule has 0 aromatic heterocycles. The largest absolute Gasteiger partial charge is 0.383 e. The van der Waals surface area contributed by atoms with Gasteiger partial charge in [0.05, 0.1) is 12.6 Å². The van der Waals surface area contributed by atoms with Gasteiger partial charge in [-0.25, -0.2) is 0 Å². The molecule has 3 atom stereocenters. The Morgan fingerprint density at radius 2 is 2.04 bits per heavy atom. The number of benzene rings is 1. The number of nitrogens with zero attached hydrogens (tertiary/aromatic N) is 1. The van der Waals surface area contributed by atoms with Crippen LogP contribution in [0.15, 0.2) is 30.3 Å². The summed E-state index contributed by atoms with van der Waals surface area (Å²) in [6.45, 7) is 3.25. The van der Waals surface area contributed by atoms with Gasteiger partial charge in [0.1, 0.15) is 0 Å². The van der Waals surface area contributed by atoms with Gasteiger partial charge in [0, 0.05) is 26.1 Å². The van der Waals surface area contributed by atoms with Crippen molar-refractivity contribution in [1.82, 2.24) is 4.90 Å². The van der Waals surface area contributed by atoms with Crippen molar-refractivity contribution in [3.63, 3.8) is 0 Å². The molecule has 1 amide bonds. The third kappa shape index (κ3) is 5.48. The fourth-order valence-corrected chi connectivity index (χ4v) is 3.30. The van der Waals surface area contributed by atoms with Crippen LogP contribution < -0.4 is 5.73 Å². The molecule has 0 bridgehead atoms. The highest BCUT2D eigenvalue weighted by Crippen LogP contribution is 2.29. The highest BCUT2D eigenvalue weighted by molar-refractivity contribution is 5.85. The van der Waals surface area contributed by atoms with Gasteiger partial charge < -0.3 is 15.4 Å². The Morgan fingerprint density at radius 1 is 1.35 bits per heavy atom. The number of ether oxygens (including phenoxy) is 1. The first-order valence-corrected chi connectivity index (χ1v) is 8.22. The van der Waals surface area contributed by atoms with E-state index in [1.165, 1.54) is 0 Å². The Kier molecular flexibility index (Phi) is 8.59. The predicted molar refractivity (Wildman–Crippen MR) is 95.6 cm³/mol. The molecule has 0 aliphatic heterocycles. The molecule has 1 aliphatic carbocycles. The molecule has 1 aromatic rings. The summed E-state index contributed by atoms with van der Waals surface area (Å²) in [7, 11) is 1.67. The van der Waals surface area contributed by atoms with Crippen LogP contribution in [-0.2, 0) is 9.53 Å². The van der Waals surface area contributed by atoms with E-state index in [0.717, 1.165) is 24.8 Å². The topological polar surface area (TPSA) is 55.6 Å². The standard InChI is InChI=1S/C18H28N2O2.ClH/c1-14(15-7-4-3-5-8-15)20(11-12-22-2)18(21)13-16-9-6-10-17(16)19;/h3-5,7-8,14,16-17H,6,9-13,19H2,1-2H3;1H/t14?,16-,17+;/m0./s1. The highest BCUT2D eigenvalue weighted by Gasteiger charge is 2.29. The first kappa shape index (κ1) is 19.9. The van der Waals surface area contributed by atoms with Gasteiger partial charge in [-0.15, -0.1) is 12.4 Å². The monoisotopic (exact) mass is 340 g/mol. The van der Waals surface area contributed by atoms with Gasteiger partial charge in [-0.05, 0) is 31.2 Å². The lowest BCUT2D eigenvalue weighted by molar-refractivity contribution is -0.135. The number of carbonyl (C=O) groups excluding carboxylic acids is 1. The molecular formula is C18H29ClN2O2. The molecular weight excluding hydrogens is 312 g/mol. The van der Waals surface area contributed by atoms with Crippen LogP contribution in [0.3, 0.4) is 0 Å². The second-order valence-corrected chi connectivity index (χ2v) is 6.23. The minimum Gasteiger partial charge on any atom is -0.383 e. The summed E-state index contributed by atoms with van der Waals surface area (Å²) >= 11 is 0. The number of hydrogen-bond donors (Lipinski definition) is 1. The van der Waals surface area contributed by atoms with Crippen molar-refractivity contribution in [3.8, 4) is 0 Å². The lowest BCUT2D eigenvalue weighted by Crippen LogP contribution is -2.38. The third-order valence-corrected chi connectivity index (χ3v) is 4.76. The van der Waals surface area contributed by atoms with Crippen molar-refractivity contribution >= 4 is 18.3 Å². The molecule has 2 N–H and O–H groups in total. The zero-order chi connectivity index (χ0) is 15.9. The molecule has 1 saturated carbocycles. The van der Waals surface area contributed by atoms with Gasteiger partial charge in [-0.3, -0.25) is 4.79 Å². The molecule has 2 rings (SSSR count). The average Bonchev–Trinajstić information content (AvgIpc) is 2.93. The summed E-state index contributed by atoms with van der Waals surface area (Å²) in [5, 5.41) is 0. The van der Waals surface area contributed by atoms with Gasteiger partial charge in [0.25, 0.3) is 0 Å². The summed E-state index contributed by atoms with van der Waals surface area (Å²) in [5.74, 6) is 0.524. The van der Waals surface area contributed by atoms with Gasteiger partial charge in [-0.2, -0.15) is 0 Å². The maximum absolute atomic E-state index is 12.8. The molecule has 1 fully saturated rings. The summed E-state index contributed by atoms with van der Waals surface area (Å²) < 4.78 is 5.18. The van der Waals surface area contributed by atoms with Crippen molar-refractivity contribution in [1.29, 1.82) is 0 Å². The number of rotatable bonds is 7. The molecule has 1 unspecified atom stereocenters. The average molecular weight is 341 g/mol. The number of methoxy groups -OCH3 is 1. The number of amides is 1. The summed E-state index contributed by atoms with van der Waals surface area (Å²) in [6.07, 6.45) is 3.82. The zero-order valence-corrected chi connectivity index (χ0v) is 14.9. The van der Waals surface area contributed by atoms with Crippen molar-refractivity contribution in [2.24, 2.45) is 11.7 Å². The number of halogens is 1. The molecule has 1 aliphatic rings. The molecule has 5 heteroatoms. The molecule has 0 heterocycles. The van der Waals surface area contributed by atoms with Crippen LogP contribution in [0.1, 0.15) is 44.2 Å². The van der Waals surface area contributed by atoms with Crippen molar-refractivity contribution < 1.29 is 9.53 Å². The number of hydrogen-bond acceptors (Lipinski definition) is 3. The summed E-state index contributed by atoms with van der Waals surface area (Å²) in [5.41, 5.74) is 7.27. The predicted octanol–water partition coefficient (Wildman–Crippen LogP) is 3.16. The molecule has 130 valence electrons. The van der Waals surface area contributed by atoms with Crippen molar-refractivity contribution in [3.05, 3.63) is 35.9 Å². The van der Waals surface area contributed by atoms with Crippen molar-refractivity contribution in [2.45, 2.75) is 44.7 Å². The summed E-state index contributed by atoms with van der Waals surface area (Å²) in [4.78, 5) is 14.7. The fraction of sp³-hybridized carbons (Fsp3) is 0.611. The molecule has 1 aromatic carbocycles. The lowest BCUT2D eigenvalue weighted by Gasteiger charge is -2.31. The van der Waals surface area contributed by atoms with E-state index >= 15 is 0 Å². The van der Waals surface area contributed by atoms with Gasteiger partial charge in [0.15, 0.2) is 0 Å². The summed E-state index contributed by atoms with van der Waals surface area (Å²) in [6, 6.07) is 10.4. The SMILES string of the molecule is COCCN(C(=O)C[C@@H]1CCC[C@H]1N)C(C)c1ccccc1.Cl. The first-order valence-electron chi connectivity index (χ1n) is 8.22. The van der Waals surface area contributed by atoms with Crippen LogP contribution in [0.25, 0.3) is 0 Å². The third-order valence-electron chi connectivity index (χ3n) is 4.76. The van der Waals surface area contributed by atoms with E-state index < -0.39 is 0 Å². The second-order valence-electron chi connectivity index (χ2n) is 6.23. The van der Waals surface area contributed by atoms with E-state index in [0.29, 0.717) is 25.5 Å². The Bertz CT molecular complexity index is 469. The minimum atomic E-state index is 0. The van der Waals surface area contributed by atoms with E-state index in [-0.39, 0.29) is 30.4 Å². The van der Waals surface area contributed by atoms with E-state index in [1.807, 2.05) is 23.1 Å². The van der Waals surface area contributed by atoms with Gasteiger partial charge in [0.2, 0.25) is 5.91 Å². The molecule has 4 nitrogen and oxygen atoms in total. The maximum Gasteiger partial charge on any atom is 0.223 e. The van der Waals surface area contributed by atoms with Crippen LogP contribution in [0.5, 0.6) is 0 Å². The van der Waals surface area contributed by atoms with E-state index in [2.05, 4.69) is 19.1 Å². The second kappa shape index (κ2) is 9.91. The Morgan fingerprint density at radius 3 is 2.61 bits per heavy atom. The maximum atomic E-state index is 12.8. The van der Waals surface area contributed by atoms with E-state index in [4.69, 9.17) is 10.5 Å². The Balaban J connectivity index is 0.00000264. The number of nitrogens with two attached hydrogens (primary N) is 1. The zero-order valence-electron chi connectivity index (χ0n) is 14.1. The molecule has 0 radical (unpaired) electrons. The quantitative estimate of drug-likeness (QED) is 0.829. The lowest BCUT2D eigenvalue weighted by atomic mass is 9.98. The van der Waals surface area contributed by atoms with Crippen LogP contribution >= 0.6 is 12.4 Å². The van der Waals surface area contributed by atoms with Crippen LogP contribution in [0, 0.1) is 5.92 Å². The van der Waals surface area contributed by atoms with Crippen LogP contribution in [-0.4, -0.2) is 37.1 Å². The normalized spacial score (nSPS) is 21.5. The van der Waals surface area contributed by atoms with Crippen LogP contribution in [0.2, 0.25) is 0 Å². The first-order chi connectivity index (χ1) is 10.6. The van der Waals surface area contributed by atoms with Crippen molar-refractivity contribution in [2.75, 3.05) is 20.3 Å². The Hall–Kier alpha value is -1.10. The number of carbonyl (C=O) groups is 1.